The van der Waals surface area contributed by atoms with Crippen molar-refractivity contribution >= 4 is 17.6 Å². The maximum absolute atomic E-state index is 12.8. The minimum atomic E-state index is -2.85. The molecule has 0 bridgehead atoms. The number of carbonyl (C=O) groups excluding carboxylic acids is 1. The summed E-state index contributed by atoms with van der Waals surface area (Å²) in [6.07, 6.45) is -3.21. The van der Waals surface area contributed by atoms with Gasteiger partial charge in [-0.25, -0.2) is 13.8 Å². The molecular weight excluding hydrogens is 266 g/mol. The fourth-order valence-corrected chi connectivity index (χ4v) is 1.57. The van der Waals surface area contributed by atoms with E-state index in [2.05, 4.69) is 9.72 Å². The summed E-state index contributed by atoms with van der Waals surface area (Å²) >= 11 is 5.52. The molecule has 1 aromatic rings. The average molecular weight is 275 g/mol. The first-order chi connectivity index (χ1) is 8.53. The van der Waals surface area contributed by atoms with Crippen molar-refractivity contribution in [2.24, 2.45) is 0 Å². The molecule has 0 radical (unpaired) electrons. The van der Waals surface area contributed by atoms with Crippen molar-refractivity contribution < 1.29 is 18.3 Å². The Bertz CT molecular complexity index is 501. The number of ether oxygens (including phenoxy) is 1. The summed E-state index contributed by atoms with van der Waals surface area (Å²) in [5.74, 6) is -0.831. The summed E-state index contributed by atoms with van der Waals surface area (Å²) in [7, 11) is 1.15. The van der Waals surface area contributed by atoms with Crippen LogP contribution >= 0.6 is 11.6 Å². The Morgan fingerprint density at radius 2 is 2.33 bits per heavy atom. The Labute approximate surface area is 107 Å². The van der Waals surface area contributed by atoms with Crippen molar-refractivity contribution in [2.75, 3.05) is 7.11 Å². The molecule has 0 aliphatic heterocycles. The van der Waals surface area contributed by atoms with Crippen LogP contribution in [0.3, 0.4) is 0 Å². The number of esters is 1. The van der Waals surface area contributed by atoms with Gasteiger partial charge < -0.3 is 4.74 Å². The summed E-state index contributed by atoms with van der Waals surface area (Å²) < 4.78 is 30.0. The summed E-state index contributed by atoms with van der Waals surface area (Å²) in [6, 6.07) is 3.00. The van der Waals surface area contributed by atoms with E-state index < -0.39 is 18.1 Å². The quantitative estimate of drug-likeness (QED) is 0.624. The van der Waals surface area contributed by atoms with Crippen LogP contribution in [0.15, 0.2) is 6.07 Å². The number of hydrogen-bond donors (Lipinski definition) is 0. The highest BCUT2D eigenvalue weighted by Crippen LogP contribution is 2.24. The van der Waals surface area contributed by atoms with E-state index in [4.69, 9.17) is 16.9 Å². The predicted octanol–water partition coefficient (Wildman–Crippen LogP) is 2.35. The highest BCUT2D eigenvalue weighted by molar-refractivity contribution is 6.17. The third-order valence-corrected chi connectivity index (χ3v) is 2.48. The van der Waals surface area contributed by atoms with E-state index in [1.165, 1.54) is 6.07 Å². The summed E-state index contributed by atoms with van der Waals surface area (Å²) in [5, 5.41) is 8.84. The number of aromatic nitrogens is 1. The molecule has 1 rings (SSSR count). The number of pyridine rings is 1. The van der Waals surface area contributed by atoms with Crippen LogP contribution in [0.2, 0.25) is 0 Å². The monoisotopic (exact) mass is 274 g/mol. The highest BCUT2D eigenvalue weighted by atomic mass is 35.5. The molecule has 0 spiro atoms. The van der Waals surface area contributed by atoms with Crippen molar-refractivity contribution in [1.29, 1.82) is 5.26 Å². The third kappa shape index (κ3) is 3.14. The van der Waals surface area contributed by atoms with Crippen molar-refractivity contribution in [3.63, 3.8) is 0 Å². The molecule has 4 nitrogen and oxygen atoms in total. The largest absolute Gasteiger partial charge is 0.469 e. The van der Waals surface area contributed by atoms with Crippen molar-refractivity contribution in [3.05, 3.63) is 28.6 Å². The van der Waals surface area contributed by atoms with Gasteiger partial charge in [0.2, 0.25) is 0 Å². The van der Waals surface area contributed by atoms with E-state index in [1.807, 2.05) is 0 Å². The van der Waals surface area contributed by atoms with E-state index in [1.54, 1.807) is 6.07 Å². The van der Waals surface area contributed by atoms with E-state index in [0.717, 1.165) is 7.11 Å². The van der Waals surface area contributed by atoms with Gasteiger partial charge >= 0.3 is 5.97 Å². The third-order valence-electron chi connectivity index (χ3n) is 2.23. The van der Waals surface area contributed by atoms with E-state index in [-0.39, 0.29) is 29.1 Å². The first-order valence-corrected chi connectivity index (χ1v) is 5.40. The van der Waals surface area contributed by atoms with Crippen LogP contribution in [0.25, 0.3) is 0 Å². The minimum absolute atomic E-state index is 0.0257. The lowest BCUT2D eigenvalue weighted by molar-refractivity contribution is -0.139. The predicted molar refractivity (Wildman–Crippen MR) is 59.2 cm³/mol. The molecule has 0 fully saturated rings. The Morgan fingerprint density at radius 1 is 1.67 bits per heavy atom. The first kappa shape index (κ1) is 14.3. The normalized spacial score (nSPS) is 10.2. The molecule has 0 amide bonds. The van der Waals surface area contributed by atoms with Gasteiger partial charge in [-0.1, -0.05) is 0 Å². The lowest BCUT2D eigenvalue weighted by atomic mass is 10.1. The molecule has 18 heavy (non-hydrogen) atoms. The Hall–Kier alpha value is -1.74. The molecule has 0 atom stereocenters. The molecule has 96 valence electrons. The summed E-state index contributed by atoms with van der Waals surface area (Å²) in [5.41, 5.74) is -0.422. The Kier molecular flexibility index (Phi) is 4.98. The molecule has 0 aliphatic rings. The van der Waals surface area contributed by atoms with Crippen LogP contribution in [0.1, 0.15) is 28.9 Å². The molecule has 0 saturated carbocycles. The highest BCUT2D eigenvalue weighted by Gasteiger charge is 2.20. The van der Waals surface area contributed by atoms with Crippen LogP contribution in [0.5, 0.6) is 0 Å². The average Bonchev–Trinajstić information content (AvgIpc) is 2.37. The van der Waals surface area contributed by atoms with Crippen LogP contribution in [-0.2, 0) is 21.8 Å². The smallest absolute Gasteiger partial charge is 0.310 e. The maximum Gasteiger partial charge on any atom is 0.310 e. The fraction of sp³-hybridized carbons (Fsp3) is 0.364. The van der Waals surface area contributed by atoms with Crippen molar-refractivity contribution in [3.8, 4) is 6.07 Å². The molecule has 0 aliphatic carbocycles. The summed E-state index contributed by atoms with van der Waals surface area (Å²) in [6.45, 7) is 0. The van der Waals surface area contributed by atoms with Crippen LogP contribution in [0.4, 0.5) is 8.78 Å². The van der Waals surface area contributed by atoms with Gasteiger partial charge in [-0.3, -0.25) is 4.79 Å². The fourth-order valence-electron chi connectivity index (χ4n) is 1.37. The second-order valence-electron chi connectivity index (χ2n) is 3.33. The number of nitriles is 1. The molecule has 1 aromatic heterocycles. The lowest BCUT2D eigenvalue weighted by Crippen LogP contribution is -2.10. The SMILES string of the molecule is COC(=O)Cc1cc(C#N)c(CCl)nc1C(F)F. The molecule has 0 saturated heterocycles. The summed E-state index contributed by atoms with van der Waals surface area (Å²) in [4.78, 5) is 14.7. The number of carbonyl (C=O) groups is 1. The Balaban J connectivity index is 3.30. The molecule has 0 aromatic carbocycles. The second kappa shape index (κ2) is 6.26. The van der Waals surface area contributed by atoms with Gasteiger partial charge in [-0.2, -0.15) is 5.26 Å². The van der Waals surface area contributed by atoms with E-state index in [9.17, 15) is 13.6 Å². The first-order valence-electron chi connectivity index (χ1n) is 4.87. The number of rotatable bonds is 4. The zero-order chi connectivity index (χ0) is 13.7. The minimum Gasteiger partial charge on any atom is -0.469 e. The topological polar surface area (TPSA) is 63.0 Å². The van der Waals surface area contributed by atoms with Gasteiger partial charge in [0.1, 0.15) is 11.8 Å². The zero-order valence-electron chi connectivity index (χ0n) is 9.41. The van der Waals surface area contributed by atoms with E-state index >= 15 is 0 Å². The standard InChI is InChI=1S/C11H9ClF2N2O2/c1-18-9(17)3-6-2-7(5-15)8(4-12)16-10(6)11(13)14/h2,11H,3-4H2,1H3. The zero-order valence-corrected chi connectivity index (χ0v) is 10.2. The van der Waals surface area contributed by atoms with Crippen LogP contribution in [0, 0.1) is 11.3 Å². The van der Waals surface area contributed by atoms with Gasteiger partial charge in [-0.05, 0) is 11.6 Å². The number of alkyl halides is 3. The van der Waals surface area contributed by atoms with Crippen molar-refractivity contribution in [1.82, 2.24) is 4.98 Å². The molecule has 1 heterocycles. The van der Waals surface area contributed by atoms with Gasteiger partial charge in [0, 0.05) is 0 Å². The molecule has 7 heteroatoms. The maximum atomic E-state index is 12.8. The molecular formula is C11H9ClF2N2O2. The van der Waals surface area contributed by atoms with Gasteiger partial charge in [0.15, 0.2) is 0 Å². The lowest BCUT2D eigenvalue weighted by Gasteiger charge is -2.10. The van der Waals surface area contributed by atoms with Crippen LogP contribution in [-0.4, -0.2) is 18.1 Å². The Morgan fingerprint density at radius 3 is 2.78 bits per heavy atom. The number of methoxy groups -OCH3 is 1. The molecule has 0 unspecified atom stereocenters. The van der Waals surface area contributed by atoms with Crippen LogP contribution < -0.4 is 0 Å². The molecule has 0 N–H and O–H groups in total. The number of halogens is 3. The number of hydrogen-bond acceptors (Lipinski definition) is 4. The second-order valence-corrected chi connectivity index (χ2v) is 3.59. The number of nitrogens with zero attached hydrogens (tertiary/aromatic N) is 2. The van der Waals surface area contributed by atoms with Crippen molar-refractivity contribution in [2.45, 2.75) is 18.7 Å². The van der Waals surface area contributed by atoms with Gasteiger partial charge in [-0.15, -0.1) is 11.6 Å². The van der Waals surface area contributed by atoms with Gasteiger partial charge in [0.05, 0.1) is 30.7 Å². The van der Waals surface area contributed by atoms with Gasteiger partial charge in [0.25, 0.3) is 6.43 Å². The van der Waals surface area contributed by atoms with E-state index in [0.29, 0.717) is 0 Å².